The Labute approximate surface area is 183 Å². The molecule has 0 saturated heterocycles. The van der Waals surface area contributed by atoms with E-state index in [1.807, 2.05) is 13.8 Å². The molecule has 0 saturated carbocycles. The molecule has 4 aromatic rings. The third-order valence-corrected chi connectivity index (χ3v) is 6.32. The van der Waals surface area contributed by atoms with Crippen molar-refractivity contribution in [2.75, 3.05) is 4.72 Å². The summed E-state index contributed by atoms with van der Waals surface area (Å²) in [6.07, 6.45) is 0. The van der Waals surface area contributed by atoms with Crippen LogP contribution >= 0.6 is 0 Å². The zero-order valence-corrected chi connectivity index (χ0v) is 17.9. The number of aromatic amines is 1. The first-order valence-electron chi connectivity index (χ1n) is 9.67. The summed E-state index contributed by atoms with van der Waals surface area (Å²) in [6.45, 7) is 3.84. The number of hydrogen-bond acceptors (Lipinski definition) is 5. The van der Waals surface area contributed by atoms with Gasteiger partial charge in [0.1, 0.15) is 5.82 Å². The molecule has 2 heterocycles. The topological polar surface area (TPSA) is 125 Å². The fourth-order valence-electron chi connectivity index (χ4n) is 3.33. The van der Waals surface area contributed by atoms with Gasteiger partial charge in [-0.2, -0.15) is 5.10 Å². The number of benzene rings is 2. The quantitative estimate of drug-likeness (QED) is 0.397. The molecule has 0 aliphatic carbocycles. The average molecular weight is 454 g/mol. The van der Waals surface area contributed by atoms with Crippen LogP contribution in [0.4, 0.5) is 10.1 Å². The molecule has 3 N–H and O–H groups in total. The Hall–Kier alpha value is -3.79. The van der Waals surface area contributed by atoms with E-state index in [4.69, 9.17) is 0 Å². The third kappa shape index (κ3) is 3.92. The highest BCUT2D eigenvalue weighted by atomic mass is 32.2. The van der Waals surface area contributed by atoms with Gasteiger partial charge in [-0.15, -0.1) is 0 Å². The fourth-order valence-corrected chi connectivity index (χ4v) is 4.40. The van der Waals surface area contributed by atoms with Crippen LogP contribution in [0.15, 0.2) is 59.5 Å². The molecule has 0 aliphatic rings. The van der Waals surface area contributed by atoms with Crippen LogP contribution in [0.2, 0.25) is 0 Å². The molecule has 0 atom stereocenters. The number of nitrogens with zero attached hydrogens (tertiary/aromatic N) is 2. The Morgan fingerprint density at radius 1 is 1.12 bits per heavy atom. The molecule has 0 bridgehead atoms. The van der Waals surface area contributed by atoms with E-state index in [0.29, 0.717) is 22.3 Å². The molecule has 32 heavy (non-hydrogen) atoms. The maximum Gasteiger partial charge on any atom is 0.336 e. The summed E-state index contributed by atoms with van der Waals surface area (Å²) in [6, 6.07) is 12.6. The molecule has 4 rings (SSSR count). The monoisotopic (exact) mass is 454 g/mol. The summed E-state index contributed by atoms with van der Waals surface area (Å²) < 4.78 is 41.2. The average Bonchev–Trinajstić information content (AvgIpc) is 3.19. The van der Waals surface area contributed by atoms with E-state index in [9.17, 15) is 22.7 Å². The maximum absolute atomic E-state index is 13.8. The van der Waals surface area contributed by atoms with Crippen molar-refractivity contribution in [1.29, 1.82) is 0 Å². The van der Waals surface area contributed by atoms with Crippen molar-refractivity contribution in [3.63, 3.8) is 0 Å². The molecular weight excluding hydrogens is 435 g/mol. The number of hydrogen-bond donors (Lipinski definition) is 3. The Balaban J connectivity index is 1.71. The lowest BCUT2D eigenvalue weighted by Gasteiger charge is -2.10. The molecule has 164 valence electrons. The van der Waals surface area contributed by atoms with E-state index in [2.05, 4.69) is 19.9 Å². The summed E-state index contributed by atoms with van der Waals surface area (Å²) in [5.74, 6) is -1.78. The largest absolute Gasteiger partial charge is 0.478 e. The van der Waals surface area contributed by atoms with Gasteiger partial charge in [0, 0.05) is 11.3 Å². The lowest BCUT2D eigenvalue weighted by Crippen LogP contribution is -2.13. The van der Waals surface area contributed by atoms with Crippen molar-refractivity contribution < 1.29 is 22.7 Å². The molecule has 0 amide bonds. The van der Waals surface area contributed by atoms with Crippen molar-refractivity contribution in [2.45, 2.75) is 24.7 Å². The molecule has 0 radical (unpaired) electrons. The minimum atomic E-state index is -4.02. The lowest BCUT2D eigenvalue weighted by atomic mass is 10.0. The Bertz CT molecular complexity index is 1430. The minimum absolute atomic E-state index is 0.0252. The van der Waals surface area contributed by atoms with Gasteiger partial charge in [0.15, 0.2) is 5.65 Å². The highest BCUT2D eigenvalue weighted by Crippen LogP contribution is 2.30. The predicted octanol–water partition coefficient (Wildman–Crippen LogP) is 4.39. The zero-order valence-electron chi connectivity index (χ0n) is 17.1. The normalized spacial score (nSPS) is 11.8. The first kappa shape index (κ1) is 21.4. The summed E-state index contributed by atoms with van der Waals surface area (Å²) in [4.78, 5) is 16.2. The van der Waals surface area contributed by atoms with Crippen LogP contribution in [0, 0.1) is 5.82 Å². The van der Waals surface area contributed by atoms with Crippen molar-refractivity contribution >= 4 is 32.7 Å². The molecule has 0 fully saturated rings. The fraction of sp³-hybridized carbons (Fsp3) is 0.136. The Kier molecular flexibility index (Phi) is 5.39. The number of aromatic nitrogens is 3. The Morgan fingerprint density at radius 2 is 1.81 bits per heavy atom. The van der Waals surface area contributed by atoms with Gasteiger partial charge in [-0.3, -0.25) is 9.82 Å². The number of carbonyl (C=O) groups is 1. The number of para-hydroxylation sites is 1. The number of pyridine rings is 1. The van der Waals surface area contributed by atoms with Gasteiger partial charge in [-0.05, 0) is 36.2 Å². The smallest absolute Gasteiger partial charge is 0.336 e. The molecule has 0 aliphatic heterocycles. The summed E-state index contributed by atoms with van der Waals surface area (Å²) >= 11 is 0. The first-order chi connectivity index (χ1) is 15.2. The van der Waals surface area contributed by atoms with E-state index < -0.39 is 21.8 Å². The van der Waals surface area contributed by atoms with Crippen LogP contribution in [0.25, 0.3) is 22.3 Å². The lowest BCUT2D eigenvalue weighted by molar-refractivity contribution is 0.0699. The number of sulfonamides is 1. The maximum atomic E-state index is 13.8. The number of carboxylic acids is 1. The van der Waals surface area contributed by atoms with Crippen molar-refractivity contribution in [2.24, 2.45) is 0 Å². The number of rotatable bonds is 6. The number of halogens is 1. The number of aromatic carboxylic acids is 1. The van der Waals surface area contributed by atoms with Crippen molar-refractivity contribution in [1.82, 2.24) is 15.2 Å². The number of carboxylic acid groups (broad SMARTS) is 1. The van der Waals surface area contributed by atoms with Crippen LogP contribution in [0.1, 0.15) is 35.8 Å². The number of H-pyrrole nitrogens is 1. The second-order valence-electron chi connectivity index (χ2n) is 7.46. The molecular formula is C22H19FN4O4S. The van der Waals surface area contributed by atoms with Gasteiger partial charge in [0.25, 0.3) is 10.0 Å². The number of fused-ring (bicyclic) bond motifs is 1. The van der Waals surface area contributed by atoms with Gasteiger partial charge < -0.3 is 5.11 Å². The van der Waals surface area contributed by atoms with Crippen molar-refractivity contribution in [3.8, 4) is 11.3 Å². The van der Waals surface area contributed by atoms with Crippen LogP contribution in [0.5, 0.6) is 0 Å². The van der Waals surface area contributed by atoms with E-state index in [1.165, 1.54) is 48.5 Å². The summed E-state index contributed by atoms with van der Waals surface area (Å²) in [5, 5.41) is 17.1. The molecule has 8 nitrogen and oxygen atoms in total. The van der Waals surface area contributed by atoms with E-state index >= 15 is 0 Å². The number of anilines is 1. The third-order valence-electron chi connectivity index (χ3n) is 4.94. The summed E-state index contributed by atoms with van der Waals surface area (Å²) in [7, 11) is -4.02. The number of nitrogens with one attached hydrogen (secondary N) is 2. The second-order valence-corrected chi connectivity index (χ2v) is 9.14. The molecule has 2 aromatic carbocycles. The standard InChI is InChI=1S/C22H19FN4O4S/c1-12(2)20-19-15(22(28)29)11-18(24-21(19)26-25-20)13-7-9-14(10-8-13)32(30,31)27-17-6-4-3-5-16(17)23/h3-12,27H,1-2H3,(H,28,29)(H,24,25,26). The van der Waals surface area contributed by atoms with Gasteiger partial charge >= 0.3 is 5.97 Å². The molecule has 0 spiro atoms. The SMILES string of the molecule is CC(C)c1[nH]nc2nc(-c3ccc(S(=O)(=O)Nc4ccccc4F)cc3)cc(C(=O)O)c12. The molecule has 10 heteroatoms. The second kappa shape index (κ2) is 8.04. The van der Waals surface area contributed by atoms with Gasteiger partial charge in [-0.1, -0.05) is 38.1 Å². The highest BCUT2D eigenvalue weighted by Gasteiger charge is 2.21. The van der Waals surface area contributed by atoms with E-state index in [-0.39, 0.29) is 27.7 Å². The van der Waals surface area contributed by atoms with Crippen LogP contribution in [0.3, 0.4) is 0 Å². The van der Waals surface area contributed by atoms with Gasteiger partial charge in [0.05, 0.1) is 27.2 Å². The van der Waals surface area contributed by atoms with Crippen LogP contribution in [-0.4, -0.2) is 34.7 Å². The van der Waals surface area contributed by atoms with Crippen LogP contribution in [-0.2, 0) is 10.0 Å². The first-order valence-corrected chi connectivity index (χ1v) is 11.2. The van der Waals surface area contributed by atoms with Gasteiger partial charge in [0.2, 0.25) is 0 Å². The van der Waals surface area contributed by atoms with Crippen LogP contribution < -0.4 is 4.72 Å². The summed E-state index contributed by atoms with van der Waals surface area (Å²) in [5.41, 5.74) is 1.68. The predicted molar refractivity (Wildman–Crippen MR) is 118 cm³/mol. The highest BCUT2D eigenvalue weighted by molar-refractivity contribution is 7.92. The van der Waals surface area contributed by atoms with Crippen molar-refractivity contribution in [3.05, 3.63) is 71.7 Å². The minimum Gasteiger partial charge on any atom is -0.478 e. The molecule has 0 unspecified atom stereocenters. The van der Waals surface area contributed by atoms with E-state index in [0.717, 1.165) is 6.07 Å². The Morgan fingerprint density at radius 3 is 2.44 bits per heavy atom. The zero-order chi connectivity index (χ0) is 23.0. The molecule has 2 aromatic heterocycles. The van der Waals surface area contributed by atoms with Gasteiger partial charge in [-0.25, -0.2) is 22.6 Å². The van der Waals surface area contributed by atoms with E-state index in [1.54, 1.807) is 0 Å².